The van der Waals surface area contributed by atoms with Crippen molar-refractivity contribution in [1.29, 1.82) is 0 Å². The number of rotatable bonds is 4. The van der Waals surface area contributed by atoms with Crippen molar-refractivity contribution in [3.63, 3.8) is 0 Å². The summed E-state index contributed by atoms with van der Waals surface area (Å²) in [4.78, 5) is 12.0. The van der Waals surface area contributed by atoms with Crippen LogP contribution in [0.15, 0.2) is 11.6 Å². The summed E-state index contributed by atoms with van der Waals surface area (Å²) in [6.45, 7) is 22.9. The third-order valence-corrected chi connectivity index (χ3v) is 15.9. The van der Waals surface area contributed by atoms with E-state index in [2.05, 4.69) is 67.7 Å². The van der Waals surface area contributed by atoms with Crippen LogP contribution in [0, 0.1) is 5.92 Å². The lowest BCUT2D eigenvalue weighted by atomic mass is 10.0. The van der Waals surface area contributed by atoms with Crippen LogP contribution in [0.1, 0.15) is 54.4 Å². The second-order valence-electron chi connectivity index (χ2n) is 11.0. The van der Waals surface area contributed by atoms with Crippen molar-refractivity contribution in [3.05, 3.63) is 11.6 Å². The molecule has 25 heavy (non-hydrogen) atoms. The third kappa shape index (κ3) is 4.20. The first-order valence-electron chi connectivity index (χ1n) is 9.64. The smallest absolute Gasteiger partial charge is 0.192 e. The van der Waals surface area contributed by atoms with Crippen molar-refractivity contribution in [2.24, 2.45) is 5.92 Å². The molecule has 0 aromatic rings. The van der Waals surface area contributed by atoms with Gasteiger partial charge in [-0.1, -0.05) is 47.1 Å². The Bertz CT molecular complexity index is 564. The average molecular weight is 383 g/mol. The molecule has 0 aromatic heterocycles. The van der Waals surface area contributed by atoms with Crippen LogP contribution >= 0.6 is 0 Å². The molecule has 0 radical (unpaired) electrons. The van der Waals surface area contributed by atoms with Crippen LogP contribution in [-0.4, -0.2) is 34.6 Å². The molecule has 1 fully saturated rings. The summed E-state index contributed by atoms with van der Waals surface area (Å²) in [5, 5.41) is 0.333. The highest BCUT2D eigenvalue weighted by molar-refractivity contribution is 6.74. The van der Waals surface area contributed by atoms with Gasteiger partial charge in [0, 0.05) is 12.3 Å². The molecule has 0 bridgehead atoms. The zero-order chi connectivity index (χ0) is 19.4. The average Bonchev–Trinajstić information content (AvgIpc) is 2.84. The van der Waals surface area contributed by atoms with Crippen LogP contribution in [0.25, 0.3) is 0 Å². The summed E-state index contributed by atoms with van der Waals surface area (Å²) in [6, 6.07) is 0. The second-order valence-corrected chi connectivity index (χ2v) is 20.5. The minimum atomic E-state index is -1.92. The molecule has 3 nitrogen and oxygen atoms in total. The van der Waals surface area contributed by atoms with E-state index in [0.717, 1.165) is 6.42 Å². The van der Waals surface area contributed by atoms with Gasteiger partial charge in [0.2, 0.25) is 0 Å². The summed E-state index contributed by atoms with van der Waals surface area (Å²) in [5.74, 6) is 0.492. The Morgan fingerprint density at radius 2 is 1.36 bits per heavy atom. The molecule has 2 aliphatic carbocycles. The first-order valence-corrected chi connectivity index (χ1v) is 15.5. The van der Waals surface area contributed by atoms with Crippen LogP contribution in [0.2, 0.25) is 36.3 Å². The fraction of sp³-hybridized carbons (Fsp3) is 0.850. The van der Waals surface area contributed by atoms with E-state index in [4.69, 9.17) is 8.85 Å². The van der Waals surface area contributed by atoms with Gasteiger partial charge in [-0.25, -0.2) is 0 Å². The first-order chi connectivity index (χ1) is 11.1. The number of carbonyl (C=O) groups is 1. The van der Waals surface area contributed by atoms with E-state index >= 15 is 0 Å². The Balaban J connectivity index is 2.29. The molecular formula is C20H38O3Si2. The van der Waals surface area contributed by atoms with E-state index in [1.807, 2.05) is 6.08 Å². The Morgan fingerprint density at radius 3 is 1.84 bits per heavy atom. The lowest BCUT2D eigenvalue weighted by molar-refractivity contribution is -0.115. The molecule has 0 aliphatic heterocycles. The maximum atomic E-state index is 12.0. The minimum Gasteiger partial charge on any atom is -0.411 e. The molecule has 0 unspecified atom stereocenters. The quantitative estimate of drug-likeness (QED) is 0.586. The van der Waals surface area contributed by atoms with Gasteiger partial charge >= 0.3 is 0 Å². The van der Waals surface area contributed by atoms with Gasteiger partial charge in [0.05, 0.1) is 12.2 Å². The number of carbonyl (C=O) groups excluding carboxylic acids is 1. The van der Waals surface area contributed by atoms with E-state index in [0.29, 0.717) is 6.42 Å². The Labute approximate surface area is 156 Å². The fourth-order valence-electron chi connectivity index (χ4n) is 3.20. The van der Waals surface area contributed by atoms with Crippen LogP contribution in [0.3, 0.4) is 0 Å². The molecule has 1 saturated carbocycles. The molecule has 0 spiro atoms. The van der Waals surface area contributed by atoms with Gasteiger partial charge in [-0.3, -0.25) is 4.79 Å². The van der Waals surface area contributed by atoms with Crippen molar-refractivity contribution < 1.29 is 13.6 Å². The highest BCUT2D eigenvalue weighted by Gasteiger charge is 2.52. The standard InChI is InChI=1S/C20H38O3Si2/c1-19(2,3)24(7,8)22-17-12-14-11-15(21)13-16(14)18(17)23-25(9,10)20(4,5)6/h11,16-18H,12-13H2,1-10H3/t16-,17-,18-/m0/s1. The predicted molar refractivity (Wildman–Crippen MR) is 110 cm³/mol. The minimum absolute atomic E-state index is 0.0349. The maximum absolute atomic E-state index is 12.0. The van der Waals surface area contributed by atoms with Gasteiger partial charge in [0.25, 0.3) is 0 Å². The van der Waals surface area contributed by atoms with Gasteiger partial charge in [0.1, 0.15) is 0 Å². The van der Waals surface area contributed by atoms with Crippen molar-refractivity contribution in [3.8, 4) is 0 Å². The molecule has 2 aliphatic rings. The van der Waals surface area contributed by atoms with Gasteiger partial charge < -0.3 is 8.85 Å². The van der Waals surface area contributed by atoms with Crippen molar-refractivity contribution in [1.82, 2.24) is 0 Å². The summed E-state index contributed by atoms with van der Waals surface area (Å²) < 4.78 is 13.6. The summed E-state index contributed by atoms with van der Waals surface area (Å²) >= 11 is 0. The number of fused-ring (bicyclic) bond motifs is 1. The number of hydrogen-bond acceptors (Lipinski definition) is 3. The Hall–Kier alpha value is -0.236. The van der Waals surface area contributed by atoms with Crippen LogP contribution in [0.4, 0.5) is 0 Å². The Morgan fingerprint density at radius 1 is 0.880 bits per heavy atom. The topological polar surface area (TPSA) is 35.5 Å². The van der Waals surface area contributed by atoms with Gasteiger partial charge in [-0.15, -0.1) is 0 Å². The molecule has 0 heterocycles. The summed E-state index contributed by atoms with van der Waals surface area (Å²) in [7, 11) is -3.79. The normalized spacial score (nSPS) is 28.3. The first kappa shape index (κ1) is 21.1. The summed E-state index contributed by atoms with van der Waals surface area (Å²) in [5.41, 5.74) is 1.26. The van der Waals surface area contributed by atoms with Gasteiger partial charge in [0.15, 0.2) is 22.4 Å². The zero-order valence-corrected chi connectivity index (χ0v) is 19.9. The number of hydrogen-bond donors (Lipinski definition) is 0. The number of ketones is 1. The highest BCUT2D eigenvalue weighted by atomic mass is 28.4. The molecule has 0 N–H and O–H groups in total. The molecule has 2 rings (SSSR count). The molecule has 3 atom stereocenters. The fourth-order valence-corrected chi connectivity index (χ4v) is 5.88. The lowest BCUT2D eigenvalue weighted by Gasteiger charge is -2.44. The van der Waals surface area contributed by atoms with E-state index < -0.39 is 16.6 Å². The largest absolute Gasteiger partial charge is 0.411 e. The molecule has 0 amide bonds. The van der Waals surface area contributed by atoms with Crippen LogP contribution in [-0.2, 0) is 13.6 Å². The van der Waals surface area contributed by atoms with E-state index in [1.54, 1.807) is 0 Å². The maximum Gasteiger partial charge on any atom is 0.192 e. The van der Waals surface area contributed by atoms with E-state index in [1.165, 1.54) is 5.57 Å². The monoisotopic (exact) mass is 382 g/mol. The molecular weight excluding hydrogens is 344 g/mol. The van der Waals surface area contributed by atoms with Gasteiger partial charge in [-0.2, -0.15) is 0 Å². The lowest BCUT2D eigenvalue weighted by Crippen LogP contribution is -2.51. The number of allylic oxidation sites excluding steroid dienone is 1. The second kappa shape index (κ2) is 6.43. The highest BCUT2D eigenvalue weighted by Crippen LogP contribution is 2.48. The predicted octanol–water partition coefficient (Wildman–Crippen LogP) is 5.69. The molecule has 0 aromatic carbocycles. The van der Waals surface area contributed by atoms with E-state index in [-0.39, 0.29) is 34.0 Å². The third-order valence-electron chi connectivity index (χ3n) is 6.93. The molecule has 144 valence electrons. The van der Waals surface area contributed by atoms with Crippen molar-refractivity contribution >= 4 is 22.4 Å². The Kier molecular flexibility index (Phi) is 5.42. The SMILES string of the molecule is CC(C)(C)[Si](C)(C)O[C@@H]1[C@@H](O[Si](C)(C)C(C)(C)C)CC2=CC(=O)C[C@@H]21. The van der Waals surface area contributed by atoms with Crippen LogP contribution in [0.5, 0.6) is 0 Å². The van der Waals surface area contributed by atoms with E-state index in [9.17, 15) is 4.79 Å². The van der Waals surface area contributed by atoms with Crippen molar-refractivity contribution in [2.45, 2.75) is 103 Å². The van der Waals surface area contributed by atoms with Crippen LogP contribution < -0.4 is 0 Å². The zero-order valence-electron chi connectivity index (χ0n) is 17.9. The summed E-state index contributed by atoms with van der Waals surface area (Å²) in [6.07, 6.45) is 3.46. The molecule has 0 saturated heterocycles. The molecule has 5 heteroatoms. The van der Waals surface area contributed by atoms with Crippen molar-refractivity contribution in [2.75, 3.05) is 0 Å². The van der Waals surface area contributed by atoms with Gasteiger partial charge in [-0.05, 0) is 48.8 Å².